The molecule has 0 fully saturated rings. The molecule has 3 aromatic rings. The van der Waals surface area contributed by atoms with E-state index in [4.69, 9.17) is 0 Å². The maximum Gasteiger partial charge on any atom is 0.279 e. The Morgan fingerprint density at radius 2 is 1.68 bits per heavy atom. The molecule has 11 heteroatoms. The molecule has 0 saturated carbocycles. The van der Waals surface area contributed by atoms with Crippen molar-refractivity contribution in [2.24, 2.45) is 0 Å². The van der Waals surface area contributed by atoms with E-state index in [0.29, 0.717) is 36.7 Å². The van der Waals surface area contributed by atoms with E-state index < -0.39 is 16.1 Å². The zero-order chi connectivity index (χ0) is 27.2. The normalized spacial score (nSPS) is 12.5. The Hall–Kier alpha value is -2.73. The van der Waals surface area contributed by atoms with Gasteiger partial charge in [0.05, 0.1) is 18.3 Å². The van der Waals surface area contributed by atoms with Crippen LogP contribution in [0.15, 0.2) is 60.7 Å². The Balaban J connectivity index is 1.59. The number of carbonyl (C=O) groups is 1. The molecule has 1 atom stereocenters. The van der Waals surface area contributed by atoms with Crippen LogP contribution in [0.2, 0.25) is 0 Å². The molecule has 1 amide bonds. The third-order valence-corrected chi connectivity index (χ3v) is 8.50. The third kappa shape index (κ3) is 10.6. The van der Waals surface area contributed by atoms with Crippen molar-refractivity contribution >= 4 is 27.0 Å². The molecule has 0 bridgehead atoms. The Kier molecular flexibility index (Phi) is 12.3. The van der Waals surface area contributed by atoms with E-state index in [1.54, 1.807) is 0 Å². The topological polar surface area (TPSA) is 120 Å². The number of aryl methyl sites for hydroxylation is 1. The highest BCUT2D eigenvalue weighted by atomic mass is 32.2. The molecule has 38 heavy (non-hydrogen) atoms. The van der Waals surface area contributed by atoms with Crippen LogP contribution in [0.5, 0.6) is 0 Å². The molecule has 0 radical (unpaired) electrons. The van der Waals surface area contributed by atoms with Gasteiger partial charge in [0.2, 0.25) is 10.0 Å². The first-order chi connectivity index (χ1) is 18.4. The second-order valence-electron chi connectivity index (χ2n) is 8.95. The summed E-state index contributed by atoms with van der Waals surface area (Å²) in [7, 11) is -3.53. The van der Waals surface area contributed by atoms with Gasteiger partial charge in [-0.05, 0) is 50.0 Å². The summed E-state index contributed by atoms with van der Waals surface area (Å²) in [4.78, 5) is 19.0. The van der Waals surface area contributed by atoms with Gasteiger partial charge in [-0.15, -0.1) is 0 Å². The van der Waals surface area contributed by atoms with Gasteiger partial charge in [0.1, 0.15) is 5.82 Å². The zero-order valence-electron chi connectivity index (χ0n) is 22.1. The predicted molar refractivity (Wildman–Crippen MR) is 153 cm³/mol. The second kappa shape index (κ2) is 15.6. The number of sulfonamides is 1. The Bertz CT molecular complexity index is 1200. The SMILES string of the molecule is CCN(CC)CCCS(=O)(=O)N[C@H](CCc1ccccc1)c1nc(CNC(=O)SCc2ccccc2)n[nH]1. The molecule has 1 heterocycles. The fourth-order valence-electron chi connectivity index (χ4n) is 3.97. The maximum absolute atomic E-state index is 12.9. The highest BCUT2D eigenvalue weighted by Crippen LogP contribution is 2.18. The number of amides is 1. The number of nitrogens with one attached hydrogen (secondary N) is 3. The molecule has 0 saturated heterocycles. The van der Waals surface area contributed by atoms with Gasteiger partial charge >= 0.3 is 0 Å². The highest BCUT2D eigenvalue weighted by Gasteiger charge is 2.23. The number of rotatable bonds is 16. The summed E-state index contributed by atoms with van der Waals surface area (Å²) < 4.78 is 28.7. The van der Waals surface area contributed by atoms with Crippen LogP contribution in [-0.4, -0.2) is 59.1 Å². The summed E-state index contributed by atoms with van der Waals surface area (Å²) in [6.07, 6.45) is 1.75. The molecule has 3 rings (SSSR count). The van der Waals surface area contributed by atoms with Gasteiger partial charge < -0.3 is 10.2 Å². The van der Waals surface area contributed by atoms with Crippen molar-refractivity contribution in [2.45, 2.75) is 51.4 Å². The largest absolute Gasteiger partial charge is 0.340 e. The molecule has 0 aliphatic carbocycles. The monoisotopic (exact) mass is 558 g/mol. The number of nitrogens with zero attached hydrogens (tertiary/aromatic N) is 3. The summed E-state index contributed by atoms with van der Waals surface area (Å²) in [5.41, 5.74) is 2.18. The van der Waals surface area contributed by atoms with Crippen LogP contribution in [0.4, 0.5) is 4.79 Å². The number of aromatic amines is 1. The number of benzene rings is 2. The number of aromatic nitrogens is 3. The van der Waals surface area contributed by atoms with E-state index in [1.165, 1.54) is 11.8 Å². The fraction of sp³-hybridized carbons (Fsp3) is 0.444. The van der Waals surface area contributed by atoms with Gasteiger partial charge in [-0.25, -0.2) is 18.1 Å². The lowest BCUT2D eigenvalue weighted by molar-refractivity contribution is 0.260. The Labute approximate surface area is 230 Å². The lowest BCUT2D eigenvalue weighted by atomic mass is 10.1. The van der Waals surface area contributed by atoms with Crippen LogP contribution in [0.1, 0.15) is 55.5 Å². The van der Waals surface area contributed by atoms with Gasteiger partial charge in [-0.3, -0.25) is 9.89 Å². The van der Waals surface area contributed by atoms with Crippen LogP contribution < -0.4 is 10.0 Å². The quantitative estimate of drug-likeness (QED) is 0.240. The molecule has 0 aliphatic rings. The number of thioether (sulfide) groups is 1. The molecule has 206 valence electrons. The van der Waals surface area contributed by atoms with E-state index in [-0.39, 0.29) is 17.5 Å². The molecule has 3 N–H and O–H groups in total. The van der Waals surface area contributed by atoms with Crippen LogP contribution in [0, 0.1) is 0 Å². The van der Waals surface area contributed by atoms with Crippen molar-refractivity contribution < 1.29 is 13.2 Å². The van der Waals surface area contributed by atoms with Gasteiger partial charge in [0, 0.05) is 5.75 Å². The Morgan fingerprint density at radius 1 is 1.03 bits per heavy atom. The van der Waals surface area contributed by atoms with Crippen LogP contribution in [0.25, 0.3) is 0 Å². The first-order valence-corrected chi connectivity index (χ1v) is 15.6. The predicted octanol–water partition coefficient (Wildman–Crippen LogP) is 4.27. The van der Waals surface area contributed by atoms with Gasteiger partial charge in [0.25, 0.3) is 5.24 Å². The smallest absolute Gasteiger partial charge is 0.279 e. The summed E-state index contributed by atoms with van der Waals surface area (Å²) in [5, 5.41) is 9.74. The van der Waals surface area contributed by atoms with Crippen molar-refractivity contribution in [3.63, 3.8) is 0 Å². The zero-order valence-corrected chi connectivity index (χ0v) is 23.7. The van der Waals surface area contributed by atoms with Crippen LogP contribution in [-0.2, 0) is 28.7 Å². The van der Waals surface area contributed by atoms with Crippen molar-refractivity contribution in [1.29, 1.82) is 0 Å². The van der Waals surface area contributed by atoms with Gasteiger partial charge in [0.15, 0.2) is 5.82 Å². The molecule has 0 aliphatic heterocycles. The first kappa shape index (κ1) is 29.8. The molecule has 1 aromatic heterocycles. The van der Waals surface area contributed by atoms with E-state index in [9.17, 15) is 13.2 Å². The lowest BCUT2D eigenvalue weighted by Gasteiger charge is -2.19. The number of carbonyl (C=O) groups excluding carboxylic acids is 1. The minimum Gasteiger partial charge on any atom is -0.340 e. The van der Waals surface area contributed by atoms with Crippen molar-refractivity contribution in [1.82, 2.24) is 30.1 Å². The minimum atomic E-state index is -3.53. The number of H-pyrrole nitrogens is 1. The van der Waals surface area contributed by atoms with E-state index in [0.717, 1.165) is 30.8 Å². The number of hydrogen-bond donors (Lipinski definition) is 3. The van der Waals surface area contributed by atoms with Crippen LogP contribution >= 0.6 is 11.8 Å². The summed E-state index contributed by atoms with van der Waals surface area (Å²) in [5.74, 6) is 1.46. The van der Waals surface area contributed by atoms with E-state index in [1.807, 2.05) is 60.7 Å². The summed E-state index contributed by atoms with van der Waals surface area (Å²) >= 11 is 1.18. The first-order valence-electron chi connectivity index (χ1n) is 13.0. The van der Waals surface area contributed by atoms with E-state index in [2.05, 4.69) is 44.0 Å². The maximum atomic E-state index is 12.9. The molecule has 0 spiro atoms. The van der Waals surface area contributed by atoms with Crippen molar-refractivity contribution in [3.8, 4) is 0 Å². The summed E-state index contributed by atoms with van der Waals surface area (Å²) in [6.45, 7) is 6.82. The Morgan fingerprint density at radius 3 is 2.34 bits per heavy atom. The minimum absolute atomic E-state index is 0.0427. The number of hydrogen-bond acceptors (Lipinski definition) is 7. The van der Waals surface area contributed by atoms with Gasteiger partial charge in [-0.2, -0.15) is 5.10 Å². The molecule has 9 nitrogen and oxygen atoms in total. The third-order valence-electron chi connectivity index (χ3n) is 6.15. The van der Waals surface area contributed by atoms with Crippen molar-refractivity contribution in [2.75, 3.05) is 25.4 Å². The summed E-state index contributed by atoms with van der Waals surface area (Å²) in [6, 6.07) is 19.1. The van der Waals surface area contributed by atoms with E-state index >= 15 is 0 Å². The average Bonchev–Trinajstić information content (AvgIpc) is 3.41. The molecule has 0 unspecified atom stereocenters. The molecular weight excluding hydrogens is 520 g/mol. The van der Waals surface area contributed by atoms with Crippen LogP contribution in [0.3, 0.4) is 0 Å². The highest BCUT2D eigenvalue weighted by molar-refractivity contribution is 8.12. The second-order valence-corrected chi connectivity index (χ2v) is 11.8. The fourth-order valence-corrected chi connectivity index (χ4v) is 5.93. The average molecular weight is 559 g/mol. The standard InChI is InChI=1S/C27H38N6O3S2/c1-3-33(4-2)18-11-19-38(35,36)32-24(17-16-22-12-7-5-8-13-22)26-29-25(30-31-26)20-28-27(34)37-21-23-14-9-6-10-15-23/h5-10,12-15,24,32H,3-4,11,16-21H2,1-2H3,(H,28,34)(H,29,30,31)/t24-/m1/s1. The van der Waals surface area contributed by atoms with Crippen molar-refractivity contribution in [3.05, 3.63) is 83.4 Å². The lowest BCUT2D eigenvalue weighted by Crippen LogP contribution is -2.33. The molecular formula is C27H38N6O3S2. The van der Waals surface area contributed by atoms with Gasteiger partial charge in [-0.1, -0.05) is 86.3 Å². The molecule has 2 aromatic carbocycles.